The van der Waals surface area contributed by atoms with E-state index in [0.29, 0.717) is 10.6 Å². The number of aromatic nitrogens is 1. The van der Waals surface area contributed by atoms with Gasteiger partial charge in [0, 0.05) is 46.0 Å². The summed E-state index contributed by atoms with van der Waals surface area (Å²) in [6.45, 7) is 5.80. The van der Waals surface area contributed by atoms with Gasteiger partial charge in [0.15, 0.2) is 0 Å². The number of rotatable bonds is 7. The van der Waals surface area contributed by atoms with E-state index in [-0.39, 0.29) is 11.8 Å². The first-order valence-corrected chi connectivity index (χ1v) is 11.7. The number of carbonyl (C=O) groups is 2. The van der Waals surface area contributed by atoms with Gasteiger partial charge in [0.25, 0.3) is 5.91 Å². The Morgan fingerprint density at radius 1 is 1.14 bits per heavy atom. The van der Waals surface area contributed by atoms with Crippen LogP contribution in [-0.4, -0.2) is 77.5 Å². The Hall–Kier alpha value is -1.90. The molecule has 3 rings (SSSR count). The Balaban J connectivity index is 1.43. The number of nitrogens with zero attached hydrogens (tertiary/aromatic N) is 4. The molecule has 2 aromatic rings. The molecule has 2 amide bonds. The van der Waals surface area contributed by atoms with E-state index in [1.165, 1.54) is 16.9 Å². The molecule has 0 spiro atoms. The molecular formula is C21H28N4O2S2. The first kappa shape index (κ1) is 21.8. The predicted molar refractivity (Wildman–Crippen MR) is 119 cm³/mol. The van der Waals surface area contributed by atoms with Crippen molar-refractivity contribution in [2.24, 2.45) is 0 Å². The Kier molecular flexibility index (Phi) is 7.69. The minimum absolute atomic E-state index is 0.00895. The number of hydrogen-bond donors (Lipinski definition) is 0. The van der Waals surface area contributed by atoms with Crippen molar-refractivity contribution < 1.29 is 9.59 Å². The lowest BCUT2D eigenvalue weighted by molar-refractivity contribution is -0.130. The fraction of sp³-hybridized carbons (Fsp3) is 0.476. The molecule has 6 nitrogen and oxygen atoms in total. The largest absolute Gasteiger partial charge is 0.344 e. The summed E-state index contributed by atoms with van der Waals surface area (Å²) in [6.07, 6.45) is 0. The Morgan fingerprint density at radius 2 is 1.83 bits per heavy atom. The summed E-state index contributed by atoms with van der Waals surface area (Å²) in [6, 6.07) is 10.2. The van der Waals surface area contributed by atoms with Crippen molar-refractivity contribution in [3.05, 3.63) is 51.5 Å². The molecular weight excluding hydrogens is 404 g/mol. The first-order valence-electron chi connectivity index (χ1n) is 9.74. The molecule has 1 aliphatic rings. The average molecular weight is 433 g/mol. The highest BCUT2D eigenvalue weighted by Gasteiger charge is 2.23. The Labute approximate surface area is 180 Å². The summed E-state index contributed by atoms with van der Waals surface area (Å²) >= 11 is 3.15. The van der Waals surface area contributed by atoms with Crippen LogP contribution in [0, 0.1) is 6.92 Å². The third-order valence-electron chi connectivity index (χ3n) is 4.86. The van der Waals surface area contributed by atoms with Gasteiger partial charge in [-0.1, -0.05) is 30.3 Å². The van der Waals surface area contributed by atoms with Gasteiger partial charge in [-0.05, 0) is 12.5 Å². The van der Waals surface area contributed by atoms with Crippen molar-refractivity contribution >= 4 is 34.9 Å². The molecule has 29 heavy (non-hydrogen) atoms. The van der Waals surface area contributed by atoms with Crippen LogP contribution in [0.1, 0.15) is 25.9 Å². The number of amides is 2. The first-order chi connectivity index (χ1) is 13.9. The van der Waals surface area contributed by atoms with Crippen LogP contribution < -0.4 is 0 Å². The normalized spacial score (nSPS) is 14.8. The standard InChI is InChI=1S/C21H28N4O2S2/c1-16-20(21(27)23(2)3)29-18(22-16)13-24-9-11-25(12-10-24)19(26)15-28-14-17-7-5-4-6-8-17/h4-8H,9-15H2,1-3H3. The van der Waals surface area contributed by atoms with Crippen molar-refractivity contribution in [2.45, 2.75) is 19.2 Å². The lowest BCUT2D eigenvalue weighted by Crippen LogP contribution is -2.48. The van der Waals surface area contributed by atoms with Gasteiger partial charge in [0.1, 0.15) is 9.88 Å². The van der Waals surface area contributed by atoms with E-state index in [1.54, 1.807) is 30.8 Å². The highest BCUT2D eigenvalue weighted by molar-refractivity contribution is 7.99. The van der Waals surface area contributed by atoms with Gasteiger partial charge in [0.2, 0.25) is 5.91 Å². The van der Waals surface area contributed by atoms with Crippen molar-refractivity contribution in [1.82, 2.24) is 19.7 Å². The van der Waals surface area contributed by atoms with E-state index in [1.807, 2.05) is 30.0 Å². The molecule has 0 N–H and O–H groups in total. The van der Waals surface area contributed by atoms with Crippen LogP contribution in [0.2, 0.25) is 0 Å². The quantitative estimate of drug-likeness (QED) is 0.673. The second-order valence-electron chi connectivity index (χ2n) is 7.36. The number of carbonyl (C=O) groups excluding carboxylic acids is 2. The van der Waals surface area contributed by atoms with E-state index in [4.69, 9.17) is 0 Å². The average Bonchev–Trinajstić information content (AvgIpc) is 3.08. The second-order valence-corrected chi connectivity index (χ2v) is 9.43. The third kappa shape index (κ3) is 6.04. The van der Waals surface area contributed by atoms with Crippen LogP contribution in [0.4, 0.5) is 0 Å². The molecule has 0 radical (unpaired) electrons. The van der Waals surface area contributed by atoms with Crippen LogP contribution in [0.5, 0.6) is 0 Å². The molecule has 1 aliphatic heterocycles. The number of aryl methyl sites for hydroxylation is 1. The molecule has 0 unspecified atom stereocenters. The van der Waals surface area contributed by atoms with Gasteiger partial charge in [-0.25, -0.2) is 4.98 Å². The lowest BCUT2D eigenvalue weighted by atomic mass is 10.2. The van der Waals surface area contributed by atoms with E-state index in [2.05, 4.69) is 22.0 Å². The number of benzene rings is 1. The Bertz CT molecular complexity index is 830. The molecule has 0 aliphatic carbocycles. The maximum atomic E-state index is 12.5. The molecule has 156 valence electrons. The van der Waals surface area contributed by atoms with Crippen LogP contribution in [-0.2, 0) is 17.1 Å². The maximum absolute atomic E-state index is 12.5. The lowest BCUT2D eigenvalue weighted by Gasteiger charge is -2.34. The highest BCUT2D eigenvalue weighted by Crippen LogP contribution is 2.21. The fourth-order valence-electron chi connectivity index (χ4n) is 3.19. The van der Waals surface area contributed by atoms with Crippen LogP contribution in [0.3, 0.4) is 0 Å². The van der Waals surface area contributed by atoms with E-state index < -0.39 is 0 Å². The van der Waals surface area contributed by atoms with Gasteiger partial charge in [-0.3, -0.25) is 14.5 Å². The van der Waals surface area contributed by atoms with Gasteiger partial charge in [0.05, 0.1) is 18.0 Å². The second kappa shape index (κ2) is 10.2. The smallest absolute Gasteiger partial charge is 0.265 e. The number of piperazine rings is 1. The minimum Gasteiger partial charge on any atom is -0.344 e. The summed E-state index contributed by atoms with van der Waals surface area (Å²) < 4.78 is 0. The molecule has 8 heteroatoms. The predicted octanol–water partition coefficient (Wildman–Crippen LogP) is 2.73. The fourth-order valence-corrected chi connectivity index (χ4v) is 5.21. The zero-order valence-electron chi connectivity index (χ0n) is 17.3. The zero-order valence-corrected chi connectivity index (χ0v) is 18.9. The highest BCUT2D eigenvalue weighted by atomic mass is 32.2. The van der Waals surface area contributed by atoms with Gasteiger partial charge < -0.3 is 9.80 Å². The summed E-state index contributed by atoms with van der Waals surface area (Å²) in [5, 5.41) is 0.964. The molecule has 1 fully saturated rings. The molecule has 1 aromatic heterocycles. The van der Waals surface area contributed by atoms with Crippen LogP contribution in [0.15, 0.2) is 30.3 Å². The minimum atomic E-state index is 0.00895. The summed E-state index contributed by atoms with van der Waals surface area (Å²) in [7, 11) is 3.52. The van der Waals surface area contributed by atoms with Crippen molar-refractivity contribution in [1.29, 1.82) is 0 Å². The monoisotopic (exact) mass is 432 g/mol. The van der Waals surface area contributed by atoms with E-state index >= 15 is 0 Å². The molecule has 0 bridgehead atoms. The van der Waals surface area contributed by atoms with Gasteiger partial charge >= 0.3 is 0 Å². The van der Waals surface area contributed by atoms with Gasteiger partial charge in [-0.2, -0.15) is 0 Å². The number of hydrogen-bond acceptors (Lipinski definition) is 6. The molecule has 1 aromatic carbocycles. The van der Waals surface area contributed by atoms with E-state index in [0.717, 1.165) is 49.2 Å². The maximum Gasteiger partial charge on any atom is 0.265 e. The topological polar surface area (TPSA) is 56.8 Å². The van der Waals surface area contributed by atoms with Gasteiger partial charge in [-0.15, -0.1) is 23.1 Å². The SMILES string of the molecule is Cc1nc(CN2CCN(C(=O)CSCc3ccccc3)CC2)sc1C(=O)N(C)C. The third-order valence-corrected chi connectivity index (χ3v) is 6.98. The number of thiazole rings is 1. The molecule has 0 atom stereocenters. The molecule has 2 heterocycles. The summed E-state index contributed by atoms with van der Waals surface area (Å²) in [5.74, 6) is 1.62. The van der Waals surface area contributed by atoms with Crippen LogP contribution in [0.25, 0.3) is 0 Å². The number of thioether (sulfide) groups is 1. The summed E-state index contributed by atoms with van der Waals surface area (Å²) in [4.78, 5) is 35.8. The van der Waals surface area contributed by atoms with E-state index in [9.17, 15) is 9.59 Å². The summed E-state index contributed by atoms with van der Waals surface area (Å²) in [5.41, 5.74) is 2.05. The van der Waals surface area contributed by atoms with Crippen LogP contribution >= 0.6 is 23.1 Å². The van der Waals surface area contributed by atoms with Crippen molar-refractivity contribution in [3.63, 3.8) is 0 Å². The van der Waals surface area contributed by atoms with Crippen molar-refractivity contribution in [2.75, 3.05) is 46.0 Å². The Morgan fingerprint density at radius 3 is 2.48 bits per heavy atom. The molecule has 0 saturated carbocycles. The van der Waals surface area contributed by atoms with Crippen molar-refractivity contribution in [3.8, 4) is 0 Å². The zero-order chi connectivity index (χ0) is 20.8. The molecule has 1 saturated heterocycles.